The van der Waals surface area contributed by atoms with E-state index in [4.69, 9.17) is 16.7 Å². The molecule has 1 saturated carbocycles. The molecule has 0 spiro atoms. The minimum atomic E-state index is -0.871. The Morgan fingerprint density at radius 3 is 2.86 bits per heavy atom. The molecule has 5 nitrogen and oxygen atoms in total. The van der Waals surface area contributed by atoms with Crippen LogP contribution in [0.3, 0.4) is 0 Å². The third-order valence-corrected chi connectivity index (χ3v) is 4.66. The van der Waals surface area contributed by atoms with Gasteiger partial charge in [-0.15, -0.1) is 10.2 Å². The smallest absolute Gasteiger partial charge is 0.313 e. The lowest BCUT2D eigenvalue weighted by molar-refractivity contribution is -0.133. The van der Waals surface area contributed by atoms with Crippen molar-refractivity contribution < 1.29 is 9.90 Å². The van der Waals surface area contributed by atoms with Crippen molar-refractivity contribution in [2.75, 3.05) is 5.75 Å². The number of halogens is 1. The van der Waals surface area contributed by atoms with Crippen molar-refractivity contribution in [1.29, 1.82) is 0 Å². The van der Waals surface area contributed by atoms with E-state index in [0.29, 0.717) is 16.1 Å². The number of aromatic nitrogens is 3. The van der Waals surface area contributed by atoms with Crippen LogP contribution in [0.1, 0.15) is 30.1 Å². The molecule has 7 heteroatoms. The molecule has 1 aliphatic rings. The topological polar surface area (TPSA) is 68.0 Å². The van der Waals surface area contributed by atoms with Crippen LogP contribution in [0.15, 0.2) is 23.4 Å². The number of carboxylic acids is 1. The summed E-state index contributed by atoms with van der Waals surface area (Å²) in [6, 6.07) is 5.78. The molecule has 0 bridgehead atoms. The molecule has 1 heterocycles. The van der Waals surface area contributed by atoms with Gasteiger partial charge in [0.15, 0.2) is 5.16 Å². The number of aliphatic carboxylic acids is 1. The predicted octanol–water partition coefficient (Wildman–Crippen LogP) is 3.28. The number of thioether (sulfide) groups is 1. The zero-order valence-corrected chi connectivity index (χ0v) is 13.0. The van der Waals surface area contributed by atoms with Crippen molar-refractivity contribution in [3.63, 3.8) is 0 Å². The van der Waals surface area contributed by atoms with E-state index in [1.165, 1.54) is 11.8 Å². The fourth-order valence-electron chi connectivity index (χ4n) is 2.07. The number of carboxylic acid groups (broad SMARTS) is 1. The Morgan fingerprint density at radius 2 is 2.24 bits per heavy atom. The molecular weight excluding hydrogens is 310 g/mol. The lowest BCUT2D eigenvalue weighted by Crippen LogP contribution is -2.04. The number of aryl methyl sites for hydroxylation is 1. The van der Waals surface area contributed by atoms with Crippen molar-refractivity contribution in [2.24, 2.45) is 0 Å². The zero-order valence-electron chi connectivity index (χ0n) is 11.4. The molecule has 1 N–H and O–H groups in total. The maximum absolute atomic E-state index is 10.8. The van der Waals surface area contributed by atoms with Gasteiger partial charge in [-0.2, -0.15) is 0 Å². The van der Waals surface area contributed by atoms with Gasteiger partial charge in [-0.05, 0) is 37.5 Å². The molecular formula is C14H14ClN3O2S. The molecule has 1 aromatic carbocycles. The third kappa shape index (κ3) is 3.06. The summed E-state index contributed by atoms with van der Waals surface area (Å²) >= 11 is 7.38. The normalized spacial score (nSPS) is 14.4. The van der Waals surface area contributed by atoms with Gasteiger partial charge >= 0.3 is 5.97 Å². The van der Waals surface area contributed by atoms with Gasteiger partial charge in [0.25, 0.3) is 0 Å². The minimum Gasteiger partial charge on any atom is -0.481 e. The van der Waals surface area contributed by atoms with Crippen LogP contribution in [0, 0.1) is 6.92 Å². The van der Waals surface area contributed by atoms with Crippen LogP contribution < -0.4 is 0 Å². The minimum absolute atomic E-state index is 0.0393. The Labute approximate surface area is 131 Å². The molecule has 21 heavy (non-hydrogen) atoms. The van der Waals surface area contributed by atoms with Crippen LogP contribution in [0.4, 0.5) is 0 Å². The van der Waals surface area contributed by atoms with Crippen LogP contribution in [0.25, 0.3) is 5.69 Å². The molecule has 3 rings (SSSR count). The van der Waals surface area contributed by atoms with Crippen LogP contribution in [-0.2, 0) is 4.79 Å². The highest BCUT2D eigenvalue weighted by Gasteiger charge is 2.31. The largest absolute Gasteiger partial charge is 0.481 e. The molecule has 0 unspecified atom stereocenters. The molecule has 1 aliphatic carbocycles. The fourth-order valence-corrected chi connectivity index (χ4v) is 2.92. The highest BCUT2D eigenvalue weighted by Crippen LogP contribution is 2.41. The van der Waals surface area contributed by atoms with Crippen molar-refractivity contribution in [1.82, 2.24) is 14.8 Å². The van der Waals surface area contributed by atoms with E-state index in [0.717, 1.165) is 29.9 Å². The van der Waals surface area contributed by atoms with Gasteiger partial charge in [-0.1, -0.05) is 29.4 Å². The van der Waals surface area contributed by atoms with E-state index in [1.54, 1.807) is 0 Å². The molecule has 1 fully saturated rings. The first kappa shape index (κ1) is 14.4. The van der Waals surface area contributed by atoms with Crippen LogP contribution in [0.2, 0.25) is 5.02 Å². The molecule has 110 valence electrons. The number of benzene rings is 1. The highest BCUT2D eigenvalue weighted by atomic mass is 35.5. The van der Waals surface area contributed by atoms with Gasteiger partial charge in [0.2, 0.25) is 0 Å². The quantitative estimate of drug-likeness (QED) is 0.855. The second-order valence-corrected chi connectivity index (χ2v) is 6.42. The number of hydrogen-bond donors (Lipinski definition) is 1. The van der Waals surface area contributed by atoms with Gasteiger partial charge in [0.05, 0.1) is 11.4 Å². The molecule has 0 radical (unpaired) electrons. The van der Waals surface area contributed by atoms with Crippen LogP contribution in [-0.4, -0.2) is 31.6 Å². The number of nitrogens with zero attached hydrogens (tertiary/aromatic N) is 3. The van der Waals surface area contributed by atoms with Gasteiger partial charge in [-0.25, -0.2) is 0 Å². The van der Waals surface area contributed by atoms with Gasteiger partial charge in [0, 0.05) is 10.9 Å². The van der Waals surface area contributed by atoms with Crippen molar-refractivity contribution in [3.8, 4) is 5.69 Å². The standard InChI is InChI=1S/C14H14ClN3O2S/c1-8-2-5-10(6-11(8)15)18-13(9-3-4-9)16-17-14(18)21-7-12(19)20/h2,5-6,9H,3-4,7H2,1H3,(H,19,20). The average Bonchev–Trinajstić information content (AvgIpc) is 3.20. The summed E-state index contributed by atoms with van der Waals surface area (Å²) in [7, 11) is 0. The monoisotopic (exact) mass is 323 g/mol. The van der Waals surface area contributed by atoms with Crippen LogP contribution >= 0.6 is 23.4 Å². The first-order valence-electron chi connectivity index (χ1n) is 6.62. The van der Waals surface area contributed by atoms with Crippen molar-refractivity contribution in [2.45, 2.75) is 30.8 Å². The molecule has 0 saturated heterocycles. The SMILES string of the molecule is Cc1ccc(-n2c(SCC(=O)O)nnc2C2CC2)cc1Cl. The summed E-state index contributed by atoms with van der Waals surface area (Å²) in [5, 5.41) is 18.5. The fraction of sp³-hybridized carbons (Fsp3) is 0.357. The highest BCUT2D eigenvalue weighted by molar-refractivity contribution is 7.99. The second kappa shape index (κ2) is 5.69. The van der Waals surface area contributed by atoms with E-state index >= 15 is 0 Å². The van der Waals surface area contributed by atoms with Gasteiger partial charge < -0.3 is 5.11 Å². The van der Waals surface area contributed by atoms with Crippen LogP contribution in [0.5, 0.6) is 0 Å². The summed E-state index contributed by atoms with van der Waals surface area (Å²) in [4.78, 5) is 10.8. The molecule has 0 atom stereocenters. The van der Waals surface area contributed by atoms with Gasteiger partial charge in [0.1, 0.15) is 5.82 Å². The molecule has 2 aromatic rings. The maximum Gasteiger partial charge on any atom is 0.313 e. The summed E-state index contributed by atoms with van der Waals surface area (Å²) in [5.41, 5.74) is 1.88. The number of carbonyl (C=O) groups is 1. The molecule has 0 amide bonds. The third-order valence-electron chi connectivity index (χ3n) is 3.34. The predicted molar refractivity (Wildman–Crippen MR) is 81.4 cm³/mol. The lowest BCUT2D eigenvalue weighted by atomic mass is 10.2. The van der Waals surface area contributed by atoms with E-state index in [9.17, 15) is 4.79 Å². The summed E-state index contributed by atoms with van der Waals surface area (Å²) in [5.74, 6) is 0.395. The lowest BCUT2D eigenvalue weighted by Gasteiger charge is -2.10. The first-order chi connectivity index (χ1) is 10.1. The summed E-state index contributed by atoms with van der Waals surface area (Å²) < 4.78 is 1.93. The van der Waals surface area contributed by atoms with E-state index < -0.39 is 5.97 Å². The Balaban J connectivity index is 2.02. The Kier molecular flexibility index (Phi) is 3.91. The average molecular weight is 324 g/mol. The summed E-state index contributed by atoms with van der Waals surface area (Å²) in [6.45, 7) is 1.94. The van der Waals surface area contributed by atoms with E-state index in [1.807, 2.05) is 29.7 Å². The van der Waals surface area contributed by atoms with E-state index in [2.05, 4.69) is 10.2 Å². The first-order valence-corrected chi connectivity index (χ1v) is 7.99. The number of hydrogen-bond acceptors (Lipinski definition) is 4. The summed E-state index contributed by atoms with van der Waals surface area (Å²) in [6.07, 6.45) is 2.20. The molecule has 0 aliphatic heterocycles. The van der Waals surface area contributed by atoms with Gasteiger partial charge in [-0.3, -0.25) is 9.36 Å². The molecule has 1 aromatic heterocycles. The van der Waals surface area contributed by atoms with Crippen molar-refractivity contribution >= 4 is 29.3 Å². The Hall–Kier alpha value is -1.53. The Morgan fingerprint density at radius 1 is 1.48 bits per heavy atom. The second-order valence-electron chi connectivity index (χ2n) is 5.07. The Bertz CT molecular complexity index is 698. The number of rotatable bonds is 5. The van der Waals surface area contributed by atoms with E-state index in [-0.39, 0.29) is 5.75 Å². The van der Waals surface area contributed by atoms with Crippen molar-refractivity contribution in [3.05, 3.63) is 34.6 Å². The maximum atomic E-state index is 10.8. The zero-order chi connectivity index (χ0) is 15.0.